The second kappa shape index (κ2) is 15.8. The predicted molar refractivity (Wildman–Crippen MR) is 41.5 cm³/mol. The molecule has 0 fully saturated rings. The summed E-state index contributed by atoms with van der Waals surface area (Å²) in [5.41, 5.74) is 0. The van der Waals surface area contributed by atoms with E-state index < -0.39 is 6.10 Å². The van der Waals surface area contributed by atoms with Crippen molar-refractivity contribution in [2.75, 3.05) is 0 Å². The molecule has 1 N–H and O–H groups in total. The largest absolute Gasteiger partial charge is 0.471 e. The van der Waals surface area contributed by atoms with E-state index in [1.807, 2.05) is 0 Å². The van der Waals surface area contributed by atoms with Gasteiger partial charge in [0.1, 0.15) is 27.1 Å². The molecule has 0 aliphatic heterocycles. The molecule has 0 spiro atoms. The zero-order valence-corrected chi connectivity index (χ0v) is 12.1. The van der Waals surface area contributed by atoms with Crippen molar-refractivity contribution in [1.29, 1.82) is 0 Å². The second-order valence-corrected chi connectivity index (χ2v) is 4.52. The maximum atomic E-state index is 8.12. The van der Waals surface area contributed by atoms with Crippen LogP contribution in [-0.2, 0) is 25.2 Å². The molecular weight excluding hydrogens is 331 g/mol. The molecular formula is C4H12O2PtSi2. The maximum Gasteiger partial charge on any atom is 0.129 e. The van der Waals surface area contributed by atoms with Crippen LogP contribution in [0.5, 0.6) is 0 Å². The zero-order chi connectivity index (χ0) is 6.99. The molecule has 0 saturated heterocycles. The monoisotopic (exact) mass is 343 g/mol. The van der Waals surface area contributed by atoms with Crippen LogP contribution in [0.25, 0.3) is 0 Å². The average molecular weight is 343 g/mol. The van der Waals surface area contributed by atoms with Gasteiger partial charge in [-0.15, -0.1) is 6.42 Å². The molecule has 5 heteroatoms. The smallest absolute Gasteiger partial charge is 0.129 e. The normalized spacial score (nSPS) is 9.89. The van der Waals surface area contributed by atoms with Crippen LogP contribution in [0.15, 0.2) is 0 Å². The Hall–Kier alpha value is 0.602. The van der Waals surface area contributed by atoms with Crippen molar-refractivity contribution in [3.63, 3.8) is 0 Å². The molecule has 0 aliphatic rings. The van der Waals surface area contributed by atoms with Gasteiger partial charge in [-0.3, -0.25) is 0 Å². The Morgan fingerprint density at radius 2 is 1.78 bits per heavy atom. The summed E-state index contributed by atoms with van der Waals surface area (Å²) in [6.45, 7) is 1.54. The quantitative estimate of drug-likeness (QED) is 0.391. The fourth-order valence-electron chi connectivity index (χ4n) is 0. The van der Waals surface area contributed by atoms with Crippen LogP contribution in [0, 0.1) is 12.3 Å². The van der Waals surface area contributed by atoms with Crippen LogP contribution in [0.1, 0.15) is 6.92 Å². The SMILES string of the molecule is C#CC(C)O.[Pt].[SiH3]O[SiH3]. The van der Waals surface area contributed by atoms with Crippen LogP contribution in [0.3, 0.4) is 0 Å². The summed E-state index contributed by atoms with van der Waals surface area (Å²) in [6.07, 6.45) is 4.08. The first-order valence-corrected chi connectivity index (χ1v) is 3.86. The summed E-state index contributed by atoms with van der Waals surface area (Å²) in [4.78, 5) is 0. The Kier molecular flexibility index (Phi) is 28.7. The van der Waals surface area contributed by atoms with Gasteiger partial charge in [-0.25, -0.2) is 0 Å². The molecule has 0 saturated carbocycles. The van der Waals surface area contributed by atoms with Crippen LogP contribution >= 0.6 is 0 Å². The summed E-state index contributed by atoms with van der Waals surface area (Å²) < 4.78 is 4.53. The molecule has 0 aliphatic carbocycles. The Balaban J connectivity index is -0.0000000800. The molecule has 1 atom stereocenters. The van der Waals surface area contributed by atoms with E-state index in [4.69, 9.17) is 5.11 Å². The summed E-state index contributed by atoms with van der Waals surface area (Å²) >= 11 is 0. The van der Waals surface area contributed by atoms with Gasteiger partial charge in [0.2, 0.25) is 0 Å². The van der Waals surface area contributed by atoms with Gasteiger partial charge in [-0.2, -0.15) is 0 Å². The number of terminal acetylenes is 1. The average Bonchev–Trinajstić information content (AvgIpc) is 1.69. The van der Waals surface area contributed by atoms with E-state index in [1.165, 1.54) is 0 Å². The van der Waals surface area contributed by atoms with Gasteiger partial charge in [0.05, 0.1) is 0 Å². The Morgan fingerprint density at radius 3 is 1.78 bits per heavy atom. The number of hydrogen-bond acceptors (Lipinski definition) is 2. The van der Waals surface area contributed by atoms with Crippen molar-refractivity contribution in [2.45, 2.75) is 13.0 Å². The van der Waals surface area contributed by atoms with Crippen LogP contribution in [0.4, 0.5) is 0 Å². The summed E-state index contributed by atoms with van der Waals surface area (Å²) in [5.74, 6) is 2.08. The fourth-order valence-corrected chi connectivity index (χ4v) is 0. The number of hydrogen-bond donors (Lipinski definition) is 1. The van der Waals surface area contributed by atoms with Gasteiger partial charge in [0.15, 0.2) is 0 Å². The summed E-state index contributed by atoms with van der Waals surface area (Å²) in [7, 11) is 1.86. The molecule has 0 amide bonds. The van der Waals surface area contributed by atoms with Crippen molar-refractivity contribution < 1.29 is 30.3 Å². The van der Waals surface area contributed by atoms with E-state index in [0.29, 0.717) is 0 Å². The van der Waals surface area contributed by atoms with Crippen molar-refractivity contribution in [1.82, 2.24) is 0 Å². The molecule has 0 aromatic heterocycles. The number of aliphatic hydroxyl groups excluding tert-OH is 1. The third-order valence-corrected chi connectivity index (χ3v) is 0.241. The molecule has 9 heavy (non-hydrogen) atoms. The molecule has 0 aromatic rings. The molecule has 1 unspecified atom stereocenters. The molecule has 58 valence electrons. The Morgan fingerprint density at radius 1 is 1.67 bits per heavy atom. The van der Waals surface area contributed by atoms with E-state index in [0.717, 1.165) is 21.0 Å². The molecule has 0 bridgehead atoms. The van der Waals surface area contributed by atoms with Gasteiger partial charge in [-0.05, 0) is 6.92 Å². The molecule has 2 nitrogen and oxygen atoms in total. The van der Waals surface area contributed by atoms with Gasteiger partial charge < -0.3 is 9.22 Å². The van der Waals surface area contributed by atoms with Crippen LogP contribution < -0.4 is 0 Å². The Bertz CT molecular complexity index is 71.5. The van der Waals surface area contributed by atoms with Crippen molar-refractivity contribution in [3.8, 4) is 12.3 Å². The van der Waals surface area contributed by atoms with Crippen molar-refractivity contribution >= 4 is 21.0 Å². The van der Waals surface area contributed by atoms with E-state index in [2.05, 4.69) is 16.5 Å². The van der Waals surface area contributed by atoms with Crippen LogP contribution in [0.2, 0.25) is 0 Å². The van der Waals surface area contributed by atoms with Gasteiger partial charge in [0, 0.05) is 21.1 Å². The molecule has 0 radical (unpaired) electrons. The van der Waals surface area contributed by atoms with E-state index in [-0.39, 0.29) is 21.1 Å². The van der Waals surface area contributed by atoms with Crippen molar-refractivity contribution in [2.24, 2.45) is 0 Å². The minimum absolute atomic E-state index is 0. The minimum Gasteiger partial charge on any atom is -0.471 e. The van der Waals surface area contributed by atoms with E-state index >= 15 is 0 Å². The molecule has 0 rings (SSSR count). The first-order valence-electron chi connectivity index (χ1n) is 2.23. The van der Waals surface area contributed by atoms with Crippen molar-refractivity contribution in [3.05, 3.63) is 0 Å². The third kappa shape index (κ3) is 55.4. The van der Waals surface area contributed by atoms with Gasteiger partial charge >= 0.3 is 0 Å². The standard InChI is InChI=1S/C4H6O.H6OSi2.Pt/c1-3-4(2)5;2-1-3;/h1,4-5H,2H3;2-3H3;. The van der Waals surface area contributed by atoms with E-state index in [1.54, 1.807) is 6.92 Å². The second-order valence-electron chi connectivity index (χ2n) is 1.25. The minimum atomic E-state index is -0.588. The Labute approximate surface area is 76.7 Å². The first kappa shape index (κ1) is 16.3. The van der Waals surface area contributed by atoms with E-state index in [9.17, 15) is 0 Å². The van der Waals surface area contributed by atoms with Gasteiger partial charge in [-0.1, -0.05) is 5.92 Å². The number of rotatable bonds is 0. The molecule has 0 heterocycles. The topological polar surface area (TPSA) is 29.5 Å². The third-order valence-electron chi connectivity index (χ3n) is 0.241. The maximum absolute atomic E-state index is 8.12. The summed E-state index contributed by atoms with van der Waals surface area (Å²) in [5, 5.41) is 8.12. The van der Waals surface area contributed by atoms with Crippen LogP contribution in [-0.4, -0.2) is 32.2 Å². The predicted octanol–water partition coefficient (Wildman–Crippen LogP) is -2.44. The first-order chi connectivity index (χ1) is 3.68. The zero-order valence-electron chi connectivity index (χ0n) is 5.83. The fraction of sp³-hybridized carbons (Fsp3) is 0.500. The molecule has 0 aromatic carbocycles. The summed E-state index contributed by atoms with van der Waals surface area (Å²) in [6, 6.07) is 0. The number of aliphatic hydroxyl groups is 1. The van der Waals surface area contributed by atoms with Gasteiger partial charge in [0.25, 0.3) is 0 Å².